The first-order valence-electron chi connectivity index (χ1n) is 10.8. The normalized spacial score (nSPS) is 13.8. The second-order valence-corrected chi connectivity index (χ2v) is 10.00. The fourth-order valence-electron chi connectivity index (χ4n) is 3.68. The van der Waals surface area contributed by atoms with Crippen LogP contribution >= 0.6 is 11.3 Å². The summed E-state index contributed by atoms with van der Waals surface area (Å²) in [6, 6.07) is 14.3. The molecule has 0 bridgehead atoms. The second-order valence-electron chi connectivity index (χ2n) is 8.97. The average molecular weight is 471 g/mol. The Hall–Kier alpha value is -3.98. The molecule has 3 aromatic heterocycles. The van der Waals surface area contributed by atoms with E-state index in [1.165, 1.54) is 16.1 Å². The maximum Gasteiger partial charge on any atom is 0.261 e. The van der Waals surface area contributed by atoms with E-state index in [4.69, 9.17) is 0 Å². The number of hydrazone groups is 1. The van der Waals surface area contributed by atoms with Gasteiger partial charge in [0.2, 0.25) is 0 Å². The van der Waals surface area contributed by atoms with Gasteiger partial charge < -0.3 is 0 Å². The van der Waals surface area contributed by atoms with Gasteiger partial charge in [-0.05, 0) is 35.7 Å². The molecule has 34 heavy (non-hydrogen) atoms. The molecule has 4 heterocycles. The number of rotatable bonds is 5. The summed E-state index contributed by atoms with van der Waals surface area (Å²) in [4.78, 5) is 41.8. The number of hydrogen-bond donors (Lipinski definition) is 1. The molecule has 4 aromatic rings. The van der Waals surface area contributed by atoms with Crippen LogP contribution in [-0.2, 0) is 12.0 Å². The largest absolute Gasteiger partial charge is 0.269 e. The van der Waals surface area contributed by atoms with Gasteiger partial charge >= 0.3 is 0 Å². The minimum atomic E-state index is -0.304. The summed E-state index contributed by atoms with van der Waals surface area (Å²) in [5.41, 5.74) is 5.04. The highest BCUT2D eigenvalue weighted by Crippen LogP contribution is 2.35. The van der Waals surface area contributed by atoms with Gasteiger partial charge in [0.15, 0.2) is 5.82 Å². The highest BCUT2D eigenvalue weighted by atomic mass is 32.1. The van der Waals surface area contributed by atoms with Gasteiger partial charge in [-0.2, -0.15) is 5.10 Å². The molecule has 2 amide bonds. The maximum atomic E-state index is 12.6. The van der Waals surface area contributed by atoms with Gasteiger partial charge in [0.1, 0.15) is 11.2 Å². The molecule has 1 N–H and O–H groups in total. The number of nitrogens with zero attached hydrogens (tertiary/aromatic N) is 5. The van der Waals surface area contributed by atoms with E-state index in [0.29, 0.717) is 28.3 Å². The molecule has 0 atom stereocenters. The van der Waals surface area contributed by atoms with Crippen LogP contribution in [0.5, 0.6) is 0 Å². The zero-order valence-electron chi connectivity index (χ0n) is 18.9. The molecule has 0 radical (unpaired) electrons. The van der Waals surface area contributed by atoms with Crippen molar-refractivity contribution in [3.8, 4) is 0 Å². The Morgan fingerprint density at radius 1 is 1.03 bits per heavy atom. The highest BCUT2D eigenvalue weighted by molar-refractivity contribution is 7.18. The molecule has 8 nitrogen and oxygen atoms in total. The molecule has 1 aliphatic heterocycles. The van der Waals surface area contributed by atoms with Crippen LogP contribution in [0.15, 0.2) is 60.0 Å². The number of aromatic nitrogens is 3. The number of carbonyl (C=O) groups excluding carboxylic acids is 2. The lowest BCUT2D eigenvalue weighted by molar-refractivity contribution is 0.0640. The summed E-state index contributed by atoms with van der Waals surface area (Å²) in [6.07, 6.45) is 3.10. The number of imide groups is 1. The molecule has 1 aromatic carbocycles. The van der Waals surface area contributed by atoms with Gasteiger partial charge in [0, 0.05) is 4.88 Å². The third-order valence-corrected chi connectivity index (χ3v) is 6.93. The number of thiophene rings is 1. The van der Waals surface area contributed by atoms with Crippen LogP contribution in [-0.4, -0.2) is 37.9 Å². The molecular formula is C25H22N6O2S. The van der Waals surface area contributed by atoms with E-state index in [0.717, 1.165) is 10.2 Å². The number of pyridine rings is 1. The number of amides is 2. The fourth-order valence-corrected chi connectivity index (χ4v) is 4.73. The molecule has 9 heteroatoms. The van der Waals surface area contributed by atoms with E-state index in [-0.39, 0.29) is 23.8 Å². The van der Waals surface area contributed by atoms with Crippen molar-refractivity contribution in [2.24, 2.45) is 5.10 Å². The van der Waals surface area contributed by atoms with E-state index in [1.807, 2.05) is 6.07 Å². The summed E-state index contributed by atoms with van der Waals surface area (Å²) in [5.74, 6) is 0.0118. The second kappa shape index (κ2) is 8.42. The van der Waals surface area contributed by atoms with Crippen LogP contribution in [0.1, 0.15) is 57.8 Å². The molecule has 0 saturated carbocycles. The van der Waals surface area contributed by atoms with Crippen molar-refractivity contribution < 1.29 is 9.59 Å². The summed E-state index contributed by atoms with van der Waals surface area (Å²) in [5, 5.41) is 5.22. The number of fused-ring (bicyclic) bond motifs is 2. The van der Waals surface area contributed by atoms with Crippen molar-refractivity contribution >= 4 is 45.4 Å². The van der Waals surface area contributed by atoms with Crippen molar-refractivity contribution in [1.82, 2.24) is 19.9 Å². The summed E-state index contributed by atoms with van der Waals surface area (Å²) >= 11 is 1.65. The predicted molar refractivity (Wildman–Crippen MR) is 132 cm³/mol. The molecule has 0 unspecified atom stereocenters. The van der Waals surface area contributed by atoms with Crippen molar-refractivity contribution in [2.75, 3.05) is 5.43 Å². The van der Waals surface area contributed by atoms with Gasteiger partial charge in [-0.1, -0.05) is 39.0 Å². The molecule has 1 aliphatic rings. The van der Waals surface area contributed by atoms with E-state index in [2.05, 4.69) is 52.3 Å². The lowest BCUT2D eigenvalue weighted by Crippen LogP contribution is -2.29. The number of nitrogens with one attached hydrogen (secondary N) is 1. The van der Waals surface area contributed by atoms with Crippen LogP contribution in [0.4, 0.5) is 5.82 Å². The smallest absolute Gasteiger partial charge is 0.261 e. The predicted octanol–water partition coefficient (Wildman–Crippen LogP) is 4.63. The quantitative estimate of drug-likeness (QED) is 0.259. The van der Waals surface area contributed by atoms with Crippen LogP contribution in [0.25, 0.3) is 10.2 Å². The summed E-state index contributed by atoms with van der Waals surface area (Å²) in [7, 11) is 0. The third kappa shape index (κ3) is 4.06. The topological polar surface area (TPSA) is 100 Å². The standard InChI is InChI=1S/C25H22N6O2S/c1-25(2,3)20-11-19-21(26-14-27-22(19)34-20)30-28-12-15-7-6-8-16(29-15)13-31-23(32)17-9-4-5-10-18(17)24(31)33/h4-12,14H,13H2,1-3H3,(H,26,27,30). The van der Waals surface area contributed by atoms with Gasteiger partial charge in [-0.25, -0.2) is 15.0 Å². The first-order chi connectivity index (χ1) is 16.3. The molecule has 0 aliphatic carbocycles. The zero-order chi connectivity index (χ0) is 23.9. The molecular weight excluding hydrogens is 448 g/mol. The van der Waals surface area contributed by atoms with E-state index < -0.39 is 0 Å². The first kappa shape index (κ1) is 21.8. The first-order valence-corrected chi connectivity index (χ1v) is 11.6. The van der Waals surface area contributed by atoms with Crippen molar-refractivity contribution in [3.63, 3.8) is 0 Å². The van der Waals surface area contributed by atoms with Crippen molar-refractivity contribution in [1.29, 1.82) is 0 Å². The number of hydrogen-bond acceptors (Lipinski definition) is 8. The Morgan fingerprint density at radius 3 is 2.47 bits per heavy atom. The van der Waals surface area contributed by atoms with E-state index in [1.54, 1.807) is 53.9 Å². The summed E-state index contributed by atoms with van der Waals surface area (Å²) < 4.78 is 0. The summed E-state index contributed by atoms with van der Waals surface area (Å²) in [6.45, 7) is 6.59. The van der Waals surface area contributed by atoms with Gasteiger partial charge in [-0.3, -0.25) is 19.9 Å². The van der Waals surface area contributed by atoms with Gasteiger partial charge in [0.25, 0.3) is 11.8 Å². The minimum Gasteiger partial charge on any atom is -0.269 e. The number of benzene rings is 1. The molecule has 0 spiro atoms. The third-order valence-electron chi connectivity index (χ3n) is 5.46. The zero-order valence-corrected chi connectivity index (χ0v) is 19.8. The highest BCUT2D eigenvalue weighted by Gasteiger charge is 2.35. The van der Waals surface area contributed by atoms with Crippen LogP contribution in [0, 0.1) is 0 Å². The Labute approximate surface area is 200 Å². The van der Waals surface area contributed by atoms with E-state index >= 15 is 0 Å². The van der Waals surface area contributed by atoms with Crippen LogP contribution < -0.4 is 5.43 Å². The number of carbonyl (C=O) groups is 2. The Bertz CT molecular complexity index is 1420. The Morgan fingerprint density at radius 2 is 1.76 bits per heavy atom. The van der Waals surface area contributed by atoms with Crippen LogP contribution in [0.3, 0.4) is 0 Å². The van der Waals surface area contributed by atoms with Crippen molar-refractivity contribution in [3.05, 3.63) is 82.3 Å². The Kier molecular flexibility index (Phi) is 5.41. The molecule has 0 saturated heterocycles. The molecule has 5 rings (SSSR count). The lowest BCUT2D eigenvalue weighted by Gasteiger charge is -2.14. The monoisotopic (exact) mass is 470 g/mol. The van der Waals surface area contributed by atoms with Gasteiger partial charge in [0.05, 0.1) is 40.7 Å². The number of anilines is 1. The van der Waals surface area contributed by atoms with Gasteiger partial charge in [-0.15, -0.1) is 11.3 Å². The molecule has 170 valence electrons. The minimum absolute atomic E-state index is 0.0236. The van der Waals surface area contributed by atoms with E-state index in [9.17, 15) is 9.59 Å². The van der Waals surface area contributed by atoms with Crippen molar-refractivity contribution in [2.45, 2.75) is 32.7 Å². The lowest BCUT2D eigenvalue weighted by atomic mass is 9.94. The SMILES string of the molecule is CC(C)(C)c1cc2c(NN=Cc3cccc(CN4C(=O)c5ccccc5C4=O)n3)ncnc2s1. The Balaban J connectivity index is 1.32. The average Bonchev–Trinajstić information content (AvgIpc) is 3.36. The van der Waals surface area contributed by atoms with Crippen LogP contribution in [0.2, 0.25) is 0 Å². The molecule has 0 fully saturated rings. The fraction of sp³-hybridized carbons (Fsp3) is 0.200. The maximum absolute atomic E-state index is 12.6.